The summed E-state index contributed by atoms with van der Waals surface area (Å²) in [4.78, 5) is 3.80. The molecule has 0 spiro atoms. The molecule has 8 heteroatoms. The van der Waals surface area contributed by atoms with E-state index in [2.05, 4.69) is 10.1 Å². The maximum absolute atomic E-state index is 12.7. The van der Waals surface area contributed by atoms with Crippen molar-refractivity contribution in [2.24, 2.45) is 0 Å². The van der Waals surface area contributed by atoms with Gasteiger partial charge in [0.05, 0.1) is 39.5 Å². The van der Waals surface area contributed by atoms with E-state index in [-0.39, 0.29) is 16.2 Å². The number of fused-ring (bicyclic) bond motifs is 1. The van der Waals surface area contributed by atoms with Crippen LogP contribution in [0.4, 0.5) is 13.2 Å². The minimum Gasteiger partial charge on any atom is -0.241 e. The van der Waals surface area contributed by atoms with Crippen molar-refractivity contribution in [1.82, 2.24) is 13.0 Å². The zero-order valence-electron chi connectivity index (χ0n) is 7.81. The lowest BCUT2D eigenvalue weighted by atomic mass is 10.2. The number of aryl methyl sites for hydroxylation is 1. The average Bonchev–Trinajstić information content (AvgIpc) is 2.43. The molecule has 0 radical (unpaired) electrons. The molecular weight excluding hydrogens is 357 g/mol. The highest BCUT2D eigenvalue weighted by Gasteiger charge is 2.37. The molecule has 0 aliphatic rings. The van der Waals surface area contributed by atoms with Gasteiger partial charge in [0.25, 0.3) is 0 Å². The number of halogens is 5. The van der Waals surface area contributed by atoms with Gasteiger partial charge in [0.1, 0.15) is 5.15 Å². The number of aromatic nitrogens is 3. The van der Waals surface area contributed by atoms with Crippen molar-refractivity contribution < 1.29 is 13.2 Å². The molecule has 0 N–H and O–H groups in total. The molecule has 0 unspecified atom stereocenters. The lowest BCUT2D eigenvalue weighted by Gasteiger charge is -2.03. The van der Waals surface area contributed by atoms with Crippen LogP contribution in [0.2, 0.25) is 5.15 Å². The van der Waals surface area contributed by atoms with Crippen LogP contribution in [0.15, 0.2) is 6.07 Å². The van der Waals surface area contributed by atoms with Crippen LogP contribution >= 0.6 is 34.5 Å². The summed E-state index contributed by atoms with van der Waals surface area (Å²) < 4.78 is 39.1. The maximum Gasteiger partial charge on any atom is 0.435 e. The number of hydrogen-bond donors (Lipinski definition) is 0. The van der Waals surface area contributed by atoms with E-state index < -0.39 is 11.9 Å². The van der Waals surface area contributed by atoms with Gasteiger partial charge in [0.2, 0.25) is 0 Å². The molecule has 0 aliphatic carbocycles. The van der Waals surface area contributed by atoms with Gasteiger partial charge in [-0.1, -0.05) is 11.6 Å². The SMILES string of the molecule is Cc1nc(Cl)cc2c1c(C(F)(F)F)nn2I. The minimum absolute atomic E-state index is 0.00806. The van der Waals surface area contributed by atoms with Gasteiger partial charge in [0.15, 0.2) is 5.69 Å². The second kappa shape index (κ2) is 3.73. The second-order valence-electron chi connectivity index (χ2n) is 3.13. The summed E-state index contributed by atoms with van der Waals surface area (Å²) in [5.74, 6) is 0. The first-order valence-electron chi connectivity index (χ1n) is 4.10. The number of alkyl halides is 3. The normalized spacial score (nSPS) is 12.4. The van der Waals surface area contributed by atoms with Crippen molar-refractivity contribution in [3.63, 3.8) is 0 Å². The molecule has 2 heterocycles. The van der Waals surface area contributed by atoms with Gasteiger partial charge < -0.3 is 0 Å². The van der Waals surface area contributed by atoms with Crippen molar-refractivity contribution >= 4 is 45.4 Å². The first kappa shape index (κ1) is 11.9. The van der Waals surface area contributed by atoms with E-state index in [0.717, 1.165) is 2.90 Å². The van der Waals surface area contributed by atoms with Crippen LogP contribution in [-0.4, -0.2) is 13.0 Å². The van der Waals surface area contributed by atoms with Crippen molar-refractivity contribution in [2.45, 2.75) is 13.1 Å². The van der Waals surface area contributed by atoms with E-state index in [1.807, 2.05) is 0 Å². The van der Waals surface area contributed by atoms with Crippen LogP contribution in [0.25, 0.3) is 10.9 Å². The Morgan fingerprint density at radius 3 is 2.62 bits per heavy atom. The first-order chi connectivity index (χ1) is 7.30. The summed E-state index contributed by atoms with van der Waals surface area (Å²) in [6.07, 6.45) is -4.49. The lowest BCUT2D eigenvalue weighted by molar-refractivity contribution is -0.140. The molecule has 2 aromatic heterocycles. The van der Waals surface area contributed by atoms with Gasteiger partial charge in [-0.2, -0.15) is 18.3 Å². The highest BCUT2D eigenvalue weighted by molar-refractivity contribution is 14.1. The van der Waals surface area contributed by atoms with Gasteiger partial charge in [0, 0.05) is 6.07 Å². The van der Waals surface area contributed by atoms with E-state index in [4.69, 9.17) is 11.6 Å². The topological polar surface area (TPSA) is 30.7 Å². The molecular formula is C8H4ClF3IN3. The van der Waals surface area contributed by atoms with Crippen LogP contribution < -0.4 is 0 Å². The van der Waals surface area contributed by atoms with E-state index in [1.165, 1.54) is 13.0 Å². The number of pyridine rings is 1. The van der Waals surface area contributed by atoms with E-state index in [1.54, 1.807) is 22.9 Å². The summed E-state index contributed by atoms with van der Waals surface area (Å²) in [6.45, 7) is 1.47. The van der Waals surface area contributed by atoms with Crippen molar-refractivity contribution in [2.75, 3.05) is 0 Å². The molecule has 0 saturated carbocycles. The predicted molar refractivity (Wildman–Crippen MR) is 61.7 cm³/mol. The minimum atomic E-state index is -4.49. The van der Waals surface area contributed by atoms with Gasteiger partial charge >= 0.3 is 6.18 Å². The van der Waals surface area contributed by atoms with Crippen LogP contribution in [0.1, 0.15) is 11.4 Å². The predicted octanol–water partition coefficient (Wildman–Crippen LogP) is 3.61. The smallest absolute Gasteiger partial charge is 0.241 e. The molecule has 86 valence electrons. The fourth-order valence-corrected chi connectivity index (χ4v) is 2.27. The third-order valence-corrected chi connectivity index (χ3v) is 2.97. The highest BCUT2D eigenvalue weighted by atomic mass is 127. The molecule has 2 aromatic rings. The Morgan fingerprint density at radius 1 is 1.44 bits per heavy atom. The van der Waals surface area contributed by atoms with Gasteiger partial charge in [-0.05, 0) is 6.92 Å². The van der Waals surface area contributed by atoms with E-state index in [0.29, 0.717) is 5.52 Å². The van der Waals surface area contributed by atoms with Crippen LogP contribution in [-0.2, 0) is 6.18 Å². The Balaban J connectivity index is 2.89. The first-order valence-corrected chi connectivity index (χ1v) is 5.44. The van der Waals surface area contributed by atoms with Crippen molar-refractivity contribution in [3.8, 4) is 0 Å². The third-order valence-electron chi connectivity index (χ3n) is 2.04. The summed E-state index contributed by atoms with van der Waals surface area (Å²) >= 11 is 7.35. The van der Waals surface area contributed by atoms with Gasteiger partial charge in [-0.25, -0.2) is 7.88 Å². The zero-order chi connectivity index (χ0) is 12.1. The van der Waals surface area contributed by atoms with E-state index in [9.17, 15) is 13.2 Å². The van der Waals surface area contributed by atoms with Gasteiger partial charge in [-0.3, -0.25) is 0 Å². The summed E-state index contributed by atoms with van der Waals surface area (Å²) in [5, 5.41) is 3.58. The Hall–Kier alpha value is -0.570. The molecule has 16 heavy (non-hydrogen) atoms. The Morgan fingerprint density at radius 2 is 2.06 bits per heavy atom. The highest BCUT2D eigenvalue weighted by Crippen LogP contribution is 2.36. The van der Waals surface area contributed by atoms with Crippen molar-refractivity contribution in [1.29, 1.82) is 0 Å². The standard InChI is InChI=1S/C8H4ClF3IN3/c1-3-6-4(2-5(9)14-3)16(13)15-7(6)8(10,11)12/h2H,1H3. The number of hydrogen-bond acceptors (Lipinski definition) is 2. The molecule has 3 nitrogen and oxygen atoms in total. The van der Waals surface area contributed by atoms with Crippen LogP contribution in [0.3, 0.4) is 0 Å². The fraction of sp³-hybridized carbons (Fsp3) is 0.250. The molecule has 0 aromatic carbocycles. The third kappa shape index (κ3) is 1.86. The largest absolute Gasteiger partial charge is 0.435 e. The van der Waals surface area contributed by atoms with E-state index >= 15 is 0 Å². The summed E-state index contributed by atoms with van der Waals surface area (Å²) in [5.41, 5.74) is -0.401. The molecule has 0 atom stereocenters. The molecule has 2 rings (SSSR count). The summed E-state index contributed by atoms with van der Waals surface area (Å²) in [6, 6.07) is 1.36. The summed E-state index contributed by atoms with van der Waals surface area (Å²) in [7, 11) is 0. The monoisotopic (exact) mass is 361 g/mol. The molecule has 0 aliphatic heterocycles. The lowest BCUT2D eigenvalue weighted by Crippen LogP contribution is -2.07. The Kier molecular flexibility index (Phi) is 2.77. The number of rotatable bonds is 0. The quantitative estimate of drug-likeness (QED) is 0.530. The zero-order valence-corrected chi connectivity index (χ0v) is 10.7. The Labute approximate surface area is 107 Å². The van der Waals surface area contributed by atoms with Crippen LogP contribution in [0.5, 0.6) is 0 Å². The molecule has 0 fully saturated rings. The Bertz CT molecular complexity index is 564. The van der Waals surface area contributed by atoms with Crippen LogP contribution in [0, 0.1) is 6.92 Å². The molecule has 0 bridgehead atoms. The molecule has 0 saturated heterocycles. The van der Waals surface area contributed by atoms with Gasteiger partial charge in [-0.15, -0.1) is 0 Å². The average molecular weight is 361 g/mol. The number of nitrogens with zero attached hydrogens (tertiary/aromatic N) is 3. The second-order valence-corrected chi connectivity index (χ2v) is 4.43. The fourth-order valence-electron chi connectivity index (χ4n) is 1.45. The molecule has 0 amide bonds. The van der Waals surface area contributed by atoms with Crippen molar-refractivity contribution in [3.05, 3.63) is 22.6 Å². The maximum atomic E-state index is 12.7.